The second kappa shape index (κ2) is 20.2. The van der Waals surface area contributed by atoms with Crippen molar-refractivity contribution in [2.75, 3.05) is 6.54 Å². The van der Waals surface area contributed by atoms with Crippen molar-refractivity contribution >= 4 is 65.2 Å². The number of carbonyl (C=O) groups is 11. The van der Waals surface area contributed by atoms with Gasteiger partial charge in [-0.1, -0.05) is 0 Å². The molecule has 0 spiro atoms. The Morgan fingerprint density at radius 1 is 0.511 bits per heavy atom. The number of aliphatic carboxylic acids is 4. The topological polar surface area (TPSA) is 407 Å². The molecule has 15 N–H and O–H groups in total. The van der Waals surface area contributed by atoms with Crippen molar-refractivity contribution in [1.29, 1.82) is 0 Å². The third-order valence-corrected chi connectivity index (χ3v) is 5.79. The van der Waals surface area contributed by atoms with Crippen LogP contribution in [0.1, 0.15) is 44.9 Å². The molecule has 7 amide bonds. The molecule has 0 aromatic heterocycles. The zero-order chi connectivity index (χ0) is 36.4. The Morgan fingerprint density at radius 3 is 1.43 bits per heavy atom. The summed E-state index contributed by atoms with van der Waals surface area (Å²) in [7, 11) is 0. The quantitative estimate of drug-likeness (QED) is 0.0478. The summed E-state index contributed by atoms with van der Waals surface area (Å²) in [4.78, 5) is 130. The second-order valence-electron chi connectivity index (χ2n) is 9.77. The van der Waals surface area contributed by atoms with Crippen LogP contribution >= 0.6 is 0 Å². The molecular weight excluding hydrogens is 640 g/mol. The number of amides is 7. The van der Waals surface area contributed by atoms with E-state index < -0.39 is 147 Å². The van der Waals surface area contributed by atoms with Crippen molar-refractivity contribution in [2.45, 2.75) is 75.2 Å². The molecule has 0 rings (SSSR count). The van der Waals surface area contributed by atoms with Crippen LogP contribution in [0.5, 0.6) is 0 Å². The smallest absolute Gasteiger partial charge is 0.326 e. The summed E-state index contributed by atoms with van der Waals surface area (Å²) in [5, 5.41) is 46.1. The lowest BCUT2D eigenvalue weighted by Crippen LogP contribution is -2.57. The predicted molar refractivity (Wildman–Crippen MR) is 150 cm³/mol. The highest BCUT2D eigenvalue weighted by atomic mass is 16.4. The van der Waals surface area contributed by atoms with E-state index >= 15 is 0 Å². The van der Waals surface area contributed by atoms with Gasteiger partial charge >= 0.3 is 23.9 Å². The molecule has 262 valence electrons. The monoisotopic (exact) mass is 676 g/mol. The highest BCUT2D eigenvalue weighted by molar-refractivity contribution is 5.97. The minimum atomic E-state index is -1.92. The maximum absolute atomic E-state index is 12.8. The molecule has 23 heteroatoms. The minimum absolute atomic E-state index is 0.554. The number of carboxylic acids is 4. The molecule has 23 nitrogen and oxygen atoms in total. The third-order valence-electron chi connectivity index (χ3n) is 5.79. The normalized spacial score (nSPS) is 13.6. The van der Waals surface area contributed by atoms with Gasteiger partial charge in [-0.15, -0.1) is 0 Å². The van der Waals surface area contributed by atoms with Gasteiger partial charge in [-0.05, 0) is 12.8 Å². The molecule has 0 aliphatic heterocycles. The number of hydrogen-bond donors (Lipinski definition) is 12. The first-order chi connectivity index (χ1) is 21.7. The van der Waals surface area contributed by atoms with Crippen LogP contribution in [0.3, 0.4) is 0 Å². The SMILES string of the molecule is NC(=O)CC(N)C(=O)NC(CCC(=O)O)C(=O)NC(CC(=O)O)C(=O)NCC(=O)NC(CC(N)=O)C(=O)NC(CCC(=O)O)C(=O)O. The molecule has 0 aromatic rings. The molecule has 0 fully saturated rings. The number of carboxylic acid groups (broad SMARTS) is 4. The molecule has 0 radical (unpaired) electrons. The summed E-state index contributed by atoms with van der Waals surface area (Å²) in [6.07, 6.45) is -5.05. The van der Waals surface area contributed by atoms with Crippen LogP contribution in [0, 0.1) is 0 Å². The van der Waals surface area contributed by atoms with E-state index in [2.05, 4.69) is 5.32 Å². The molecule has 0 bridgehead atoms. The number of hydrogen-bond acceptors (Lipinski definition) is 12. The Balaban J connectivity index is 5.65. The third kappa shape index (κ3) is 17.9. The first kappa shape index (κ1) is 41.1. The summed E-state index contributed by atoms with van der Waals surface area (Å²) in [6.45, 7) is -1.00. The van der Waals surface area contributed by atoms with E-state index in [0.717, 1.165) is 0 Å². The van der Waals surface area contributed by atoms with Gasteiger partial charge in [0, 0.05) is 12.8 Å². The van der Waals surface area contributed by atoms with E-state index in [1.54, 1.807) is 0 Å². The summed E-state index contributed by atoms with van der Waals surface area (Å²) in [5.41, 5.74) is 15.5. The molecule has 0 aliphatic rings. The highest BCUT2D eigenvalue weighted by Crippen LogP contribution is 2.04. The van der Waals surface area contributed by atoms with Crippen LogP contribution in [0.25, 0.3) is 0 Å². The fourth-order valence-electron chi connectivity index (χ4n) is 3.52. The van der Waals surface area contributed by atoms with Gasteiger partial charge in [0.2, 0.25) is 41.4 Å². The second-order valence-corrected chi connectivity index (χ2v) is 9.77. The summed E-state index contributed by atoms with van der Waals surface area (Å²) >= 11 is 0. The lowest BCUT2D eigenvalue weighted by molar-refractivity contribution is -0.143. The fraction of sp³-hybridized carbons (Fsp3) is 0.542. The zero-order valence-electron chi connectivity index (χ0n) is 24.6. The Hall–Kier alpha value is -5.87. The summed E-state index contributed by atoms with van der Waals surface area (Å²) < 4.78 is 0. The Labute approximate surface area is 264 Å². The maximum atomic E-state index is 12.8. The van der Waals surface area contributed by atoms with Gasteiger partial charge in [0.25, 0.3) is 0 Å². The van der Waals surface area contributed by atoms with Gasteiger partial charge < -0.3 is 64.2 Å². The van der Waals surface area contributed by atoms with Crippen LogP contribution < -0.4 is 43.8 Å². The van der Waals surface area contributed by atoms with E-state index in [9.17, 15) is 63.0 Å². The molecule has 0 saturated heterocycles. The van der Waals surface area contributed by atoms with E-state index in [1.807, 2.05) is 21.3 Å². The van der Waals surface area contributed by atoms with E-state index in [4.69, 9.17) is 27.4 Å². The molecule has 0 aromatic carbocycles. The van der Waals surface area contributed by atoms with Crippen molar-refractivity contribution in [3.63, 3.8) is 0 Å². The van der Waals surface area contributed by atoms with Crippen molar-refractivity contribution < 1.29 is 73.2 Å². The van der Waals surface area contributed by atoms with Crippen molar-refractivity contribution in [1.82, 2.24) is 26.6 Å². The molecule has 5 atom stereocenters. The number of rotatable bonds is 23. The Morgan fingerprint density at radius 2 is 0.957 bits per heavy atom. The van der Waals surface area contributed by atoms with Crippen LogP contribution in [0.15, 0.2) is 0 Å². The van der Waals surface area contributed by atoms with Gasteiger partial charge in [0.15, 0.2) is 0 Å². The Kier molecular flexibility index (Phi) is 17.7. The van der Waals surface area contributed by atoms with Crippen molar-refractivity contribution in [3.8, 4) is 0 Å². The average Bonchev–Trinajstić information content (AvgIpc) is 2.93. The van der Waals surface area contributed by atoms with Gasteiger partial charge in [0.05, 0.1) is 31.8 Å². The standard InChI is InChI=1S/C24H36N8O15/c25-9(5-14(26)33)20(42)30-10(1-3-17(36)37)22(44)32-13(7-19(40)41)21(43)28-8-16(35)29-12(6-15(27)34)23(45)31-11(24(46)47)2-4-18(38)39/h9-13H,1-8,25H2,(H2,26,33)(H2,27,34)(H,28,43)(H,29,35)(H,30,42)(H,31,45)(H,32,44)(H,36,37)(H,38,39)(H,40,41)(H,46,47). The molecule has 5 unspecified atom stereocenters. The number of nitrogens with two attached hydrogens (primary N) is 3. The van der Waals surface area contributed by atoms with E-state index in [1.165, 1.54) is 0 Å². The van der Waals surface area contributed by atoms with Crippen LogP contribution in [-0.4, -0.2) is 122 Å². The van der Waals surface area contributed by atoms with Crippen molar-refractivity contribution in [2.24, 2.45) is 17.2 Å². The Bertz CT molecular complexity index is 1260. The lowest BCUT2D eigenvalue weighted by atomic mass is 10.1. The molecular formula is C24H36N8O15. The van der Waals surface area contributed by atoms with Gasteiger partial charge in [0.1, 0.15) is 24.2 Å². The van der Waals surface area contributed by atoms with Crippen molar-refractivity contribution in [3.05, 3.63) is 0 Å². The maximum Gasteiger partial charge on any atom is 0.326 e. The molecule has 47 heavy (non-hydrogen) atoms. The number of nitrogens with one attached hydrogen (secondary N) is 5. The lowest BCUT2D eigenvalue weighted by Gasteiger charge is -2.23. The van der Waals surface area contributed by atoms with Crippen LogP contribution in [0.2, 0.25) is 0 Å². The molecule has 0 aliphatic carbocycles. The zero-order valence-corrected chi connectivity index (χ0v) is 24.6. The number of primary amides is 2. The van der Waals surface area contributed by atoms with Gasteiger partial charge in [-0.25, -0.2) is 4.79 Å². The molecule has 0 heterocycles. The van der Waals surface area contributed by atoms with Crippen LogP contribution in [-0.2, 0) is 52.7 Å². The van der Waals surface area contributed by atoms with Gasteiger partial charge in [-0.2, -0.15) is 0 Å². The first-order valence-electron chi connectivity index (χ1n) is 13.4. The predicted octanol–water partition coefficient (Wildman–Crippen LogP) is -6.59. The summed E-state index contributed by atoms with van der Waals surface area (Å²) in [6, 6.07) is -8.68. The van der Waals surface area contributed by atoms with E-state index in [-0.39, 0.29) is 0 Å². The number of carbonyl (C=O) groups excluding carboxylic acids is 7. The van der Waals surface area contributed by atoms with E-state index in [0.29, 0.717) is 0 Å². The van der Waals surface area contributed by atoms with Gasteiger partial charge in [-0.3, -0.25) is 47.9 Å². The first-order valence-corrected chi connectivity index (χ1v) is 13.4. The van der Waals surface area contributed by atoms with Crippen LogP contribution in [0.4, 0.5) is 0 Å². The summed E-state index contributed by atoms with van der Waals surface area (Å²) in [5.74, 6) is -14.2. The minimum Gasteiger partial charge on any atom is -0.481 e. The fourth-order valence-corrected chi connectivity index (χ4v) is 3.52. The largest absolute Gasteiger partial charge is 0.481 e. The highest BCUT2D eigenvalue weighted by Gasteiger charge is 2.31. The average molecular weight is 677 g/mol. The molecule has 0 saturated carbocycles.